The van der Waals surface area contributed by atoms with E-state index in [4.69, 9.17) is 0 Å². The first-order valence-electron chi connectivity index (χ1n) is 8.46. The topological polar surface area (TPSA) is 51.0 Å². The number of hydrogen-bond acceptors (Lipinski definition) is 5. The lowest BCUT2D eigenvalue weighted by molar-refractivity contribution is 0.333. The van der Waals surface area contributed by atoms with Gasteiger partial charge in [-0.05, 0) is 50.5 Å². The summed E-state index contributed by atoms with van der Waals surface area (Å²) in [4.78, 5) is 19.2. The maximum Gasteiger partial charge on any atom is 0.267 e. The molecule has 6 heteroatoms. The highest BCUT2D eigenvalue weighted by atomic mass is 32.1. The van der Waals surface area contributed by atoms with E-state index in [1.807, 2.05) is 13.0 Å². The van der Waals surface area contributed by atoms with E-state index in [9.17, 15) is 4.79 Å². The van der Waals surface area contributed by atoms with Crippen molar-refractivity contribution in [2.75, 3.05) is 18.0 Å². The Morgan fingerprint density at radius 1 is 1.30 bits per heavy atom. The number of piperidine rings is 1. The molecule has 0 unspecified atom stereocenters. The predicted octanol–water partition coefficient (Wildman–Crippen LogP) is 2.41. The Bertz CT molecular complexity index is 758. The Balaban J connectivity index is 1.41. The van der Waals surface area contributed by atoms with E-state index >= 15 is 0 Å². The highest BCUT2D eigenvalue weighted by molar-refractivity contribution is 7.13. The summed E-state index contributed by atoms with van der Waals surface area (Å²) in [6.07, 6.45) is 5.38. The molecule has 2 aliphatic rings. The van der Waals surface area contributed by atoms with Crippen LogP contribution in [0.4, 0.5) is 5.13 Å². The maximum atomic E-state index is 12.2. The molecule has 0 bridgehead atoms. The van der Waals surface area contributed by atoms with Crippen LogP contribution in [-0.4, -0.2) is 27.9 Å². The van der Waals surface area contributed by atoms with E-state index in [2.05, 4.69) is 20.4 Å². The van der Waals surface area contributed by atoms with Crippen LogP contribution < -0.4 is 10.5 Å². The molecule has 3 heterocycles. The van der Waals surface area contributed by atoms with Gasteiger partial charge in [0.2, 0.25) is 0 Å². The van der Waals surface area contributed by atoms with E-state index in [0.717, 1.165) is 68.3 Å². The van der Waals surface area contributed by atoms with Crippen molar-refractivity contribution in [1.29, 1.82) is 0 Å². The van der Waals surface area contributed by atoms with Crippen LogP contribution in [0.1, 0.15) is 36.2 Å². The number of thiazole rings is 1. The summed E-state index contributed by atoms with van der Waals surface area (Å²) in [7, 11) is 0. The lowest BCUT2D eigenvalue weighted by Crippen LogP contribution is -2.37. The average Bonchev–Trinajstić information content (AvgIpc) is 3.17. The minimum Gasteiger partial charge on any atom is -0.348 e. The van der Waals surface area contributed by atoms with Crippen molar-refractivity contribution < 1.29 is 0 Å². The molecule has 2 aromatic rings. The highest BCUT2D eigenvalue weighted by Gasteiger charge is 2.23. The van der Waals surface area contributed by atoms with Crippen molar-refractivity contribution in [2.45, 2.75) is 45.6 Å². The number of anilines is 1. The molecule has 5 nitrogen and oxygen atoms in total. The maximum absolute atomic E-state index is 12.2. The summed E-state index contributed by atoms with van der Waals surface area (Å²) in [5.74, 6) is 0.539. The van der Waals surface area contributed by atoms with Gasteiger partial charge in [-0.25, -0.2) is 9.67 Å². The normalized spacial score (nSPS) is 18.4. The molecule has 4 rings (SSSR count). The number of rotatable bonds is 3. The number of fused-ring (bicyclic) bond motifs is 1. The molecule has 23 heavy (non-hydrogen) atoms. The number of nitrogens with zero attached hydrogens (tertiary/aromatic N) is 4. The Morgan fingerprint density at radius 2 is 2.13 bits per heavy atom. The molecule has 0 spiro atoms. The summed E-state index contributed by atoms with van der Waals surface area (Å²) in [5.41, 5.74) is 3.48. The molecule has 0 atom stereocenters. The van der Waals surface area contributed by atoms with Gasteiger partial charge >= 0.3 is 0 Å². The summed E-state index contributed by atoms with van der Waals surface area (Å²) in [5, 5.41) is 7.85. The van der Waals surface area contributed by atoms with Crippen LogP contribution >= 0.6 is 11.3 Å². The van der Waals surface area contributed by atoms with E-state index in [-0.39, 0.29) is 5.56 Å². The van der Waals surface area contributed by atoms with Crippen LogP contribution in [0.2, 0.25) is 0 Å². The molecule has 1 fully saturated rings. The third kappa shape index (κ3) is 3.04. The second-order valence-electron chi connectivity index (χ2n) is 6.69. The monoisotopic (exact) mass is 330 g/mol. The van der Waals surface area contributed by atoms with Crippen molar-refractivity contribution in [1.82, 2.24) is 14.8 Å². The van der Waals surface area contributed by atoms with Crippen LogP contribution in [0, 0.1) is 12.8 Å². The van der Waals surface area contributed by atoms with Crippen molar-refractivity contribution in [3.63, 3.8) is 0 Å². The quantitative estimate of drug-likeness (QED) is 0.867. The van der Waals surface area contributed by atoms with E-state index < -0.39 is 0 Å². The largest absolute Gasteiger partial charge is 0.348 e. The lowest BCUT2D eigenvalue weighted by Gasteiger charge is -2.31. The molecule has 122 valence electrons. The molecule has 1 aliphatic heterocycles. The second-order valence-corrected chi connectivity index (χ2v) is 7.53. The molecular weight excluding hydrogens is 308 g/mol. The summed E-state index contributed by atoms with van der Waals surface area (Å²) in [6, 6.07) is 1.81. The molecular formula is C17H22N4OS. The number of hydrogen-bond donors (Lipinski definition) is 0. The van der Waals surface area contributed by atoms with Gasteiger partial charge in [0.15, 0.2) is 5.13 Å². The van der Waals surface area contributed by atoms with Gasteiger partial charge in [0.25, 0.3) is 5.56 Å². The SMILES string of the molecule is Cc1csc(N2CCC(Cn3nc4c(cc3=O)CCC4)CC2)n1. The molecule has 1 saturated heterocycles. The fourth-order valence-electron chi connectivity index (χ4n) is 3.61. The first-order chi connectivity index (χ1) is 11.2. The molecule has 0 radical (unpaired) electrons. The number of aromatic nitrogens is 3. The molecule has 1 aliphatic carbocycles. The third-order valence-corrected chi connectivity index (χ3v) is 5.97. The Morgan fingerprint density at radius 3 is 2.87 bits per heavy atom. The van der Waals surface area contributed by atoms with Gasteiger partial charge in [-0.15, -0.1) is 11.3 Å². The average molecular weight is 330 g/mol. The van der Waals surface area contributed by atoms with E-state index in [1.165, 1.54) is 5.56 Å². The molecule has 0 saturated carbocycles. The Labute approximate surface area is 140 Å². The predicted molar refractivity (Wildman–Crippen MR) is 92.3 cm³/mol. The molecule has 2 aromatic heterocycles. The van der Waals surface area contributed by atoms with Crippen LogP contribution in [0.25, 0.3) is 0 Å². The van der Waals surface area contributed by atoms with Crippen molar-refractivity contribution in [2.24, 2.45) is 5.92 Å². The van der Waals surface area contributed by atoms with Gasteiger partial charge in [-0.3, -0.25) is 4.79 Å². The zero-order valence-electron chi connectivity index (χ0n) is 13.5. The van der Waals surface area contributed by atoms with Gasteiger partial charge < -0.3 is 4.90 Å². The molecule has 0 N–H and O–H groups in total. The van der Waals surface area contributed by atoms with Crippen molar-refractivity contribution in [3.05, 3.63) is 38.8 Å². The van der Waals surface area contributed by atoms with Crippen molar-refractivity contribution in [3.8, 4) is 0 Å². The van der Waals surface area contributed by atoms with E-state index in [0.29, 0.717) is 5.92 Å². The zero-order chi connectivity index (χ0) is 15.8. The van der Waals surface area contributed by atoms with Gasteiger partial charge in [0.05, 0.1) is 11.4 Å². The highest BCUT2D eigenvalue weighted by Crippen LogP contribution is 2.26. The van der Waals surface area contributed by atoms with Gasteiger partial charge in [-0.2, -0.15) is 5.10 Å². The first-order valence-corrected chi connectivity index (χ1v) is 9.34. The van der Waals surface area contributed by atoms with Crippen molar-refractivity contribution >= 4 is 16.5 Å². The lowest BCUT2D eigenvalue weighted by atomic mass is 9.97. The third-order valence-electron chi connectivity index (χ3n) is 4.95. The fourth-order valence-corrected chi connectivity index (χ4v) is 4.47. The standard InChI is InChI=1S/C17H22N4OS/c1-12-11-23-17(18-12)20-7-5-13(6-8-20)10-21-16(22)9-14-3-2-4-15(14)19-21/h9,11,13H,2-8,10H2,1H3. The first kappa shape index (κ1) is 14.9. The number of aryl methyl sites for hydroxylation is 3. The van der Waals surface area contributed by atoms with Gasteiger partial charge in [0.1, 0.15) is 0 Å². The zero-order valence-corrected chi connectivity index (χ0v) is 14.3. The summed E-state index contributed by atoms with van der Waals surface area (Å²) < 4.78 is 1.71. The van der Waals surface area contributed by atoms with Gasteiger partial charge in [0, 0.05) is 31.1 Å². The van der Waals surface area contributed by atoms with Crippen LogP contribution in [-0.2, 0) is 19.4 Å². The second kappa shape index (κ2) is 6.07. The molecule has 0 amide bonds. The fraction of sp³-hybridized carbons (Fsp3) is 0.588. The summed E-state index contributed by atoms with van der Waals surface area (Å²) in [6.45, 7) is 4.85. The molecule has 0 aromatic carbocycles. The van der Waals surface area contributed by atoms with Crippen LogP contribution in [0.5, 0.6) is 0 Å². The minimum atomic E-state index is 0.0728. The van der Waals surface area contributed by atoms with Crippen LogP contribution in [0.3, 0.4) is 0 Å². The smallest absolute Gasteiger partial charge is 0.267 e. The Hall–Kier alpha value is -1.69. The Kier molecular flexibility index (Phi) is 3.93. The minimum absolute atomic E-state index is 0.0728. The van der Waals surface area contributed by atoms with E-state index in [1.54, 1.807) is 16.0 Å². The van der Waals surface area contributed by atoms with Crippen LogP contribution in [0.15, 0.2) is 16.2 Å². The van der Waals surface area contributed by atoms with Gasteiger partial charge in [-0.1, -0.05) is 0 Å². The summed E-state index contributed by atoms with van der Waals surface area (Å²) >= 11 is 1.72.